The van der Waals surface area contributed by atoms with E-state index in [1.54, 1.807) is 6.92 Å². The minimum Gasteiger partial charge on any atom is -0.466 e. The zero-order chi connectivity index (χ0) is 15.5. The topological polar surface area (TPSA) is 63.2 Å². The molecule has 0 amide bonds. The van der Waals surface area contributed by atoms with Gasteiger partial charge in [0, 0.05) is 5.56 Å². The third-order valence-corrected chi connectivity index (χ3v) is 3.79. The van der Waals surface area contributed by atoms with Crippen molar-refractivity contribution in [2.24, 2.45) is 0 Å². The summed E-state index contributed by atoms with van der Waals surface area (Å²) in [4.78, 5) is 12.0. The van der Waals surface area contributed by atoms with Crippen LogP contribution in [0.15, 0.2) is 30.3 Å². The molecule has 0 bridgehead atoms. The fourth-order valence-corrected chi connectivity index (χ4v) is 2.94. The summed E-state index contributed by atoms with van der Waals surface area (Å²) in [5.41, 5.74) is 0.763. The fraction of sp³-hybridized carbons (Fsp3) is 0.562. The first kappa shape index (κ1) is 15.4. The Balaban J connectivity index is 1.98. The second kappa shape index (κ2) is 6.34. The largest absolute Gasteiger partial charge is 0.466 e. The van der Waals surface area contributed by atoms with Crippen LogP contribution in [0, 0.1) is 0 Å². The zero-order valence-electron chi connectivity index (χ0n) is 12.6. The van der Waals surface area contributed by atoms with E-state index in [1.807, 2.05) is 30.3 Å². The van der Waals surface area contributed by atoms with E-state index in [9.17, 15) is 4.79 Å². The molecule has 0 saturated carbocycles. The molecule has 1 aromatic rings. The van der Waals surface area contributed by atoms with E-state index in [4.69, 9.17) is 23.7 Å². The normalized spacial score (nSPS) is 22.6. The maximum absolute atomic E-state index is 12.0. The molecule has 2 aliphatic heterocycles. The number of hydrogen-bond acceptors (Lipinski definition) is 6. The third kappa shape index (κ3) is 2.52. The lowest BCUT2D eigenvalue weighted by Gasteiger charge is -2.41. The molecule has 0 aromatic heterocycles. The molecule has 6 heteroatoms. The standard InChI is InChI=1S/C16H20O6/c1-2-18-14(17)12-15(19-8-9-20-15)16(21-10-11-22-16)13-6-4-3-5-7-13/h3-7H,2,8-12H2,1H3. The Hall–Kier alpha value is -1.47. The van der Waals surface area contributed by atoms with Crippen LogP contribution in [-0.2, 0) is 34.3 Å². The molecule has 2 aliphatic rings. The summed E-state index contributed by atoms with van der Waals surface area (Å²) in [6.45, 7) is 3.63. The van der Waals surface area contributed by atoms with Crippen molar-refractivity contribution in [1.29, 1.82) is 0 Å². The molecule has 22 heavy (non-hydrogen) atoms. The Morgan fingerprint density at radius 2 is 1.64 bits per heavy atom. The summed E-state index contributed by atoms with van der Waals surface area (Å²) < 4.78 is 28.5. The van der Waals surface area contributed by atoms with Crippen molar-refractivity contribution in [2.45, 2.75) is 24.9 Å². The van der Waals surface area contributed by atoms with Crippen LogP contribution >= 0.6 is 0 Å². The molecule has 2 heterocycles. The summed E-state index contributed by atoms with van der Waals surface area (Å²) in [7, 11) is 0. The molecule has 0 spiro atoms. The van der Waals surface area contributed by atoms with Crippen molar-refractivity contribution in [1.82, 2.24) is 0 Å². The number of ether oxygens (including phenoxy) is 5. The van der Waals surface area contributed by atoms with Crippen LogP contribution in [0.5, 0.6) is 0 Å². The maximum Gasteiger partial charge on any atom is 0.311 e. The predicted octanol–water partition coefficient (Wildman–Crippen LogP) is 1.58. The van der Waals surface area contributed by atoms with Gasteiger partial charge in [-0.1, -0.05) is 30.3 Å². The summed E-state index contributed by atoms with van der Waals surface area (Å²) >= 11 is 0. The summed E-state index contributed by atoms with van der Waals surface area (Å²) in [6, 6.07) is 9.43. The monoisotopic (exact) mass is 308 g/mol. The van der Waals surface area contributed by atoms with Gasteiger partial charge >= 0.3 is 5.97 Å². The highest BCUT2D eigenvalue weighted by molar-refractivity contribution is 5.70. The Morgan fingerprint density at radius 3 is 2.23 bits per heavy atom. The number of benzene rings is 1. The van der Waals surface area contributed by atoms with E-state index >= 15 is 0 Å². The molecule has 6 nitrogen and oxygen atoms in total. The Kier molecular flexibility index (Phi) is 4.44. The molecule has 3 rings (SSSR count). The van der Waals surface area contributed by atoms with E-state index in [0.717, 1.165) is 5.56 Å². The highest BCUT2D eigenvalue weighted by Crippen LogP contribution is 2.48. The lowest BCUT2D eigenvalue weighted by molar-refractivity contribution is -0.356. The van der Waals surface area contributed by atoms with Gasteiger partial charge in [-0.25, -0.2) is 0 Å². The lowest BCUT2D eigenvalue weighted by atomic mass is 9.93. The molecule has 2 saturated heterocycles. The fourth-order valence-electron chi connectivity index (χ4n) is 2.94. The predicted molar refractivity (Wildman–Crippen MR) is 75.9 cm³/mol. The van der Waals surface area contributed by atoms with Gasteiger partial charge in [-0.05, 0) is 6.92 Å². The number of rotatable bonds is 5. The van der Waals surface area contributed by atoms with Gasteiger partial charge in [0.05, 0.1) is 33.0 Å². The van der Waals surface area contributed by atoms with Crippen molar-refractivity contribution in [3.8, 4) is 0 Å². The van der Waals surface area contributed by atoms with Gasteiger partial charge in [0.25, 0.3) is 5.79 Å². The van der Waals surface area contributed by atoms with Crippen molar-refractivity contribution >= 4 is 5.97 Å². The molecule has 1 aromatic carbocycles. The Labute approximate surface area is 129 Å². The summed E-state index contributed by atoms with van der Waals surface area (Å²) in [5, 5.41) is 0. The van der Waals surface area contributed by atoms with Gasteiger partial charge in [-0.2, -0.15) is 0 Å². The quantitative estimate of drug-likeness (QED) is 0.770. The molecular formula is C16H20O6. The van der Waals surface area contributed by atoms with Gasteiger partial charge in [0.2, 0.25) is 5.79 Å². The van der Waals surface area contributed by atoms with Crippen molar-refractivity contribution < 1.29 is 28.5 Å². The first-order chi connectivity index (χ1) is 10.7. The van der Waals surface area contributed by atoms with Crippen LogP contribution in [0.4, 0.5) is 0 Å². The van der Waals surface area contributed by atoms with Crippen molar-refractivity contribution in [3.05, 3.63) is 35.9 Å². The maximum atomic E-state index is 12.0. The van der Waals surface area contributed by atoms with Crippen molar-refractivity contribution in [3.63, 3.8) is 0 Å². The average Bonchev–Trinajstić information content (AvgIpc) is 3.19. The van der Waals surface area contributed by atoms with Crippen LogP contribution in [0.3, 0.4) is 0 Å². The van der Waals surface area contributed by atoms with Gasteiger partial charge < -0.3 is 23.7 Å². The van der Waals surface area contributed by atoms with Gasteiger partial charge in [0.1, 0.15) is 6.42 Å². The summed E-state index contributed by atoms with van der Waals surface area (Å²) in [5.74, 6) is -2.98. The number of carbonyl (C=O) groups is 1. The first-order valence-corrected chi connectivity index (χ1v) is 7.49. The molecule has 0 atom stereocenters. The van der Waals surface area contributed by atoms with Crippen LogP contribution in [0.2, 0.25) is 0 Å². The van der Waals surface area contributed by atoms with Crippen LogP contribution < -0.4 is 0 Å². The Morgan fingerprint density at radius 1 is 1.05 bits per heavy atom. The number of carbonyl (C=O) groups excluding carboxylic acids is 1. The third-order valence-electron chi connectivity index (χ3n) is 3.79. The minimum absolute atomic E-state index is 0.0876. The molecule has 0 unspecified atom stereocenters. The molecule has 2 fully saturated rings. The van der Waals surface area contributed by atoms with Crippen LogP contribution in [0.25, 0.3) is 0 Å². The van der Waals surface area contributed by atoms with Gasteiger partial charge in [-0.3, -0.25) is 4.79 Å². The van der Waals surface area contributed by atoms with E-state index < -0.39 is 17.5 Å². The lowest BCUT2D eigenvalue weighted by Crippen LogP contribution is -2.55. The first-order valence-electron chi connectivity index (χ1n) is 7.49. The number of esters is 1. The second-order valence-corrected chi connectivity index (χ2v) is 5.11. The van der Waals surface area contributed by atoms with Crippen LogP contribution in [0.1, 0.15) is 18.9 Å². The van der Waals surface area contributed by atoms with E-state index in [0.29, 0.717) is 33.0 Å². The smallest absolute Gasteiger partial charge is 0.311 e. The van der Waals surface area contributed by atoms with Gasteiger partial charge in [0.15, 0.2) is 0 Å². The highest BCUT2D eigenvalue weighted by atomic mass is 16.8. The van der Waals surface area contributed by atoms with E-state index in [-0.39, 0.29) is 6.42 Å². The summed E-state index contributed by atoms with van der Waals surface area (Å²) in [6.07, 6.45) is -0.0876. The molecule has 0 N–H and O–H groups in total. The number of hydrogen-bond donors (Lipinski definition) is 0. The highest BCUT2D eigenvalue weighted by Gasteiger charge is 2.62. The van der Waals surface area contributed by atoms with Crippen molar-refractivity contribution in [2.75, 3.05) is 33.0 Å². The molecule has 120 valence electrons. The second-order valence-electron chi connectivity index (χ2n) is 5.11. The Bertz CT molecular complexity index is 503. The molecular weight excluding hydrogens is 288 g/mol. The van der Waals surface area contributed by atoms with E-state index in [2.05, 4.69) is 0 Å². The SMILES string of the molecule is CCOC(=O)CC1(C2(c3ccccc3)OCCO2)OCCO1. The molecule has 0 radical (unpaired) electrons. The average molecular weight is 308 g/mol. The van der Waals surface area contributed by atoms with E-state index in [1.165, 1.54) is 0 Å². The van der Waals surface area contributed by atoms with Gasteiger partial charge in [-0.15, -0.1) is 0 Å². The minimum atomic E-state index is -1.32. The van der Waals surface area contributed by atoms with Crippen LogP contribution in [-0.4, -0.2) is 44.8 Å². The zero-order valence-corrected chi connectivity index (χ0v) is 12.6. The molecule has 0 aliphatic carbocycles.